The molecule has 1 atom stereocenters. The van der Waals surface area contributed by atoms with Crippen LogP contribution in [0.3, 0.4) is 0 Å². The summed E-state index contributed by atoms with van der Waals surface area (Å²) in [6.07, 6.45) is 0. The van der Waals surface area contributed by atoms with Gasteiger partial charge in [-0.25, -0.2) is 9.97 Å². The van der Waals surface area contributed by atoms with Crippen molar-refractivity contribution in [3.63, 3.8) is 0 Å². The molecular formula is C47H29N3O. The van der Waals surface area contributed by atoms with Crippen molar-refractivity contribution < 1.29 is 4.74 Å². The predicted molar refractivity (Wildman–Crippen MR) is 204 cm³/mol. The third-order valence-electron chi connectivity index (χ3n) is 10.7. The van der Waals surface area contributed by atoms with E-state index in [4.69, 9.17) is 14.7 Å². The van der Waals surface area contributed by atoms with Gasteiger partial charge in [0.2, 0.25) is 0 Å². The fourth-order valence-electron chi connectivity index (χ4n) is 8.57. The molecule has 3 aliphatic rings. The average Bonchev–Trinajstić information content (AvgIpc) is 3.50. The summed E-state index contributed by atoms with van der Waals surface area (Å²) in [5.41, 5.74) is 14.9. The summed E-state index contributed by atoms with van der Waals surface area (Å²) >= 11 is 0. The first-order valence-corrected chi connectivity index (χ1v) is 17.3. The molecule has 0 amide bonds. The van der Waals surface area contributed by atoms with Crippen LogP contribution < -0.4 is 9.64 Å². The average molecular weight is 652 g/mol. The second-order valence-corrected chi connectivity index (χ2v) is 13.3. The summed E-state index contributed by atoms with van der Waals surface area (Å²) in [4.78, 5) is 12.9. The smallest absolute Gasteiger partial charge is 0.160 e. The molecule has 0 radical (unpaired) electrons. The maximum Gasteiger partial charge on any atom is 0.160 e. The van der Waals surface area contributed by atoms with Gasteiger partial charge in [0.1, 0.15) is 0 Å². The predicted octanol–water partition coefficient (Wildman–Crippen LogP) is 11.7. The Balaban J connectivity index is 1.20. The fraction of sp³-hybridized carbons (Fsp3) is 0.0213. The van der Waals surface area contributed by atoms with Crippen LogP contribution in [0.4, 0.5) is 17.1 Å². The largest absolute Gasteiger partial charge is 0.453 e. The highest BCUT2D eigenvalue weighted by Gasteiger charge is 2.53. The minimum Gasteiger partial charge on any atom is -0.453 e. The highest BCUT2D eigenvalue weighted by molar-refractivity contribution is 5.99. The van der Waals surface area contributed by atoms with Crippen molar-refractivity contribution in [3.8, 4) is 56.5 Å². The number of hydrogen-bond donors (Lipinski definition) is 0. The van der Waals surface area contributed by atoms with Gasteiger partial charge >= 0.3 is 0 Å². The first-order valence-electron chi connectivity index (χ1n) is 17.3. The maximum absolute atomic E-state index is 6.66. The molecule has 0 fully saturated rings. The normalized spacial score (nSPS) is 15.6. The van der Waals surface area contributed by atoms with Crippen molar-refractivity contribution in [1.82, 2.24) is 9.97 Å². The number of aromatic nitrogens is 2. The van der Waals surface area contributed by atoms with Gasteiger partial charge in [-0.15, -0.1) is 0 Å². The van der Waals surface area contributed by atoms with E-state index in [1.54, 1.807) is 0 Å². The first-order chi connectivity index (χ1) is 25.3. The number of hydrogen-bond acceptors (Lipinski definition) is 4. The lowest BCUT2D eigenvalue weighted by molar-refractivity contribution is 0.473. The number of benzene rings is 7. The van der Waals surface area contributed by atoms with Gasteiger partial charge in [0.25, 0.3) is 0 Å². The van der Waals surface area contributed by atoms with Crippen molar-refractivity contribution in [1.29, 1.82) is 0 Å². The molecule has 3 heterocycles. The van der Waals surface area contributed by atoms with Gasteiger partial charge in [-0.1, -0.05) is 140 Å². The van der Waals surface area contributed by atoms with Crippen LogP contribution in [0.1, 0.15) is 22.3 Å². The lowest BCUT2D eigenvalue weighted by Crippen LogP contribution is -2.37. The molecule has 238 valence electrons. The molecular weight excluding hydrogens is 623 g/mol. The Labute approximate surface area is 295 Å². The van der Waals surface area contributed by atoms with E-state index in [1.165, 1.54) is 33.4 Å². The van der Waals surface area contributed by atoms with Gasteiger partial charge in [0, 0.05) is 16.7 Å². The monoisotopic (exact) mass is 651 g/mol. The Morgan fingerprint density at radius 3 is 1.76 bits per heavy atom. The zero-order valence-electron chi connectivity index (χ0n) is 27.5. The Hall–Kier alpha value is -6.78. The summed E-state index contributed by atoms with van der Waals surface area (Å²) in [7, 11) is 0. The van der Waals surface area contributed by atoms with Crippen LogP contribution in [0.15, 0.2) is 176 Å². The zero-order chi connectivity index (χ0) is 33.5. The summed E-state index contributed by atoms with van der Waals surface area (Å²) in [5.74, 6) is 2.41. The Morgan fingerprint density at radius 2 is 1.00 bits per heavy atom. The van der Waals surface area contributed by atoms with Gasteiger partial charge in [0.05, 0.1) is 33.9 Å². The van der Waals surface area contributed by atoms with E-state index in [0.717, 1.165) is 56.6 Å². The highest BCUT2D eigenvalue weighted by Crippen LogP contribution is 2.66. The summed E-state index contributed by atoms with van der Waals surface area (Å²) in [5, 5.41) is 0. The molecule has 1 spiro atoms. The molecule has 4 nitrogen and oxygen atoms in total. The Morgan fingerprint density at radius 1 is 0.412 bits per heavy atom. The lowest BCUT2D eigenvalue weighted by Gasteiger charge is -2.47. The molecule has 0 N–H and O–H groups in total. The quantitative estimate of drug-likeness (QED) is 0.191. The standard InChI is InChI=1S/C47H29N3O/c1-3-14-30(15-4-1)39-29-40(31-16-5-2-6-17-31)49-46(48-39)32-26-27-34-33-18-7-8-19-35(33)47(38(34)28-32)36-20-9-10-22-41(36)50-42-23-11-12-24-43(42)51-44-25-13-21-37(47)45(44)50/h1-29H. The van der Waals surface area contributed by atoms with Crippen LogP contribution in [-0.2, 0) is 5.41 Å². The maximum atomic E-state index is 6.66. The highest BCUT2D eigenvalue weighted by atomic mass is 16.5. The number of anilines is 3. The van der Waals surface area contributed by atoms with Crippen LogP contribution in [0.2, 0.25) is 0 Å². The van der Waals surface area contributed by atoms with Gasteiger partial charge in [-0.2, -0.15) is 0 Å². The summed E-state index contributed by atoms with van der Waals surface area (Å²) < 4.78 is 6.66. The third kappa shape index (κ3) is 3.90. The number of para-hydroxylation sites is 4. The van der Waals surface area contributed by atoms with Gasteiger partial charge in [-0.3, -0.25) is 0 Å². The van der Waals surface area contributed by atoms with Crippen LogP contribution in [-0.4, -0.2) is 9.97 Å². The van der Waals surface area contributed by atoms with E-state index in [2.05, 4.69) is 163 Å². The van der Waals surface area contributed by atoms with Crippen molar-refractivity contribution in [2.24, 2.45) is 0 Å². The van der Waals surface area contributed by atoms with E-state index < -0.39 is 5.41 Å². The van der Waals surface area contributed by atoms with E-state index in [0.29, 0.717) is 5.82 Å². The topological polar surface area (TPSA) is 38.2 Å². The molecule has 11 rings (SSSR count). The fourth-order valence-corrected chi connectivity index (χ4v) is 8.57. The Kier molecular flexibility index (Phi) is 5.84. The van der Waals surface area contributed by atoms with E-state index in [1.807, 2.05) is 18.2 Å². The minimum atomic E-state index is -0.602. The van der Waals surface area contributed by atoms with E-state index >= 15 is 0 Å². The van der Waals surface area contributed by atoms with Gasteiger partial charge < -0.3 is 9.64 Å². The molecule has 1 aromatic heterocycles. The van der Waals surface area contributed by atoms with Gasteiger partial charge in [0.15, 0.2) is 17.3 Å². The SMILES string of the molecule is c1ccc(-c2cc(-c3ccccc3)nc(-c3ccc4c(c3)C3(c5ccccc5-4)c4ccccc4N4c5ccccc5Oc5cccc3c54)n2)cc1. The van der Waals surface area contributed by atoms with Crippen LogP contribution >= 0.6 is 0 Å². The third-order valence-corrected chi connectivity index (χ3v) is 10.7. The lowest BCUT2D eigenvalue weighted by atomic mass is 9.64. The molecule has 0 bridgehead atoms. The number of rotatable bonds is 3. The second-order valence-electron chi connectivity index (χ2n) is 13.3. The summed E-state index contributed by atoms with van der Waals surface area (Å²) in [6, 6.07) is 62.3. The molecule has 0 saturated carbocycles. The molecule has 2 aliphatic heterocycles. The zero-order valence-corrected chi connectivity index (χ0v) is 27.5. The molecule has 8 aromatic rings. The van der Waals surface area contributed by atoms with Crippen molar-refractivity contribution in [3.05, 3.63) is 198 Å². The molecule has 51 heavy (non-hydrogen) atoms. The van der Waals surface area contributed by atoms with Crippen molar-refractivity contribution in [2.75, 3.05) is 4.90 Å². The first kappa shape index (κ1) is 28.1. The van der Waals surface area contributed by atoms with Crippen molar-refractivity contribution >= 4 is 17.1 Å². The molecule has 4 heteroatoms. The number of fused-ring (bicyclic) bond motifs is 11. The molecule has 1 aliphatic carbocycles. The number of nitrogens with zero attached hydrogens (tertiary/aromatic N) is 3. The Bertz CT molecular complexity index is 2630. The van der Waals surface area contributed by atoms with E-state index in [-0.39, 0.29) is 0 Å². The minimum absolute atomic E-state index is 0.602. The van der Waals surface area contributed by atoms with Crippen LogP contribution in [0.5, 0.6) is 11.5 Å². The van der Waals surface area contributed by atoms with E-state index in [9.17, 15) is 0 Å². The molecule has 0 saturated heterocycles. The molecule has 1 unspecified atom stereocenters. The number of ether oxygens (including phenoxy) is 1. The van der Waals surface area contributed by atoms with Crippen LogP contribution in [0.25, 0.3) is 45.0 Å². The summed E-state index contributed by atoms with van der Waals surface area (Å²) in [6.45, 7) is 0. The van der Waals surface area contributed by atoms with Crippen LogP contribution in [0, 0.1) is 0 Å². The van der Waals surface area contributed by atoms with Crippen molar-refractivity contribution in [2.45, 2.75) is 5.41 Å². The molecule has 7 aromatic carbocycles. The second kappa shape index (κ2) is 10.6. The van der Waals surface area contributed by atoms with Gasteiger partial charge in [-0.05, 0) is 69.8 Å².